The van der Waals surface area contributed by atoms with Crippen molar-refractivity contribution in [2.24, 2.45) is 0 Å². The number of nitrogens with zero attached hydrogens (tertiary/aromatic N) is 1. The van der Waals surface area contributed by atoms with Crippen LogP contribution in [0.3, 0.4) is 0 Å². The predicted octanol–water partition coefficient (Wildman–Crippen LogP) is 2.38. The Labute approximate surface area is 105 Å². The number of alkyl carbamates (subject to hydrolysis) is 1. The molecule has 0 aromatic carbocycles. The fourth-order valence-electron chi connectivity index (χ4n) is 2.17. The molecule has 4 heteroatoms. The van der Waals surface area contributed by atoms with Crippen molar-refractivity contribution in [3.63, 3.8) is 0 Å². The molecule has 0 bridgehead atoms. The molecular weight excluding hydrogens is 216 g/mol. The molecule has 0 aromatic heterocycles. The van der Waals surface area contributed by atoms with Crippen molar-refractivity contribution in [1.29, 1.82) is 0 Å². The van der Waals surface area contributed by atoms with Gasteiger partial charge in [-0.05, 0) is 54.0 Å². The van der Waals surface area contributed by atoms with Gasteiger partial charge in [-0.15, -0.1) is 0 Å². The van der Waals surface area contributed by atoms with E-state index in [9.17, 15) is 4.79 Å². The first-order valence-electron chi connectivity index (χ1n) is 6.51. The molecule has 1 amide bonds. The lowest BCUT2D eigenvalue weighted by Crippen LogP contribution is -2.44. The monoisotopic (exact) mass is 242 g/mol. The minimum atomic E-state index is -0.426. The molecule has 2 atom stereocenters. The van der Waals surface area contributed by atoms with Gasteiger partial charge >= 0.3 is 6.09 Å². The van der Waals surface area contributed by atoms with E-state index in [-0.39, 0.29) is 12.1 Å². The second-order valence-corrected chi connectivity index (χ2v) is 6.03. The molecule has 2 unspecified atom stereocenters. The van der Waals surface area contributed by atoms with Crippen molar-refractivity contribution >= 4 is 6.09 Å². The van der Waals surface area contributed by atoms with E-state index >= 15 is 0 Å². The summed E-state index contributed by atoms with van der Waals surface area (Å²) < 4.78 is 5.23. The van der Waals surface area contributed by atoms with E-state index in [1.165, 1.54) is 12.8 Å². The second kappa shape index (κ2) is 5.71. The van der Waals surface area contributed by atoms with Crippen LogP contribution in [0.2, 0.25) is 0 Å². The molecule has 1 aliphatic heterocycles. The Bertz CT molecular complexity index is 261. The number of nitrogens with one attached hydrogen (secondary N) is 1. The van der Waals surface area contributed by atoms with Crippen LogP contribution in [0.4, 0.5) is 4.79 Å². The van der Waals surface area contributed by atoms with Crippen LogP contribution >= 0.6 is 0 Å². The third-order valence-corrected chi connectivity index (χ3v) is 2.96. The SMILES string of the molecule is CC(CN1CCCC1C)NC(=O)OC(C)(C)C. The molecule has 1 heterocycles. The quantitative estimate of drug-likeness (QED) is 0.826. The van der Waals surface area contributed by atoms with Gasteiger partial charge in [0.25, 0.3) is 0 Å². The van der Waals surface area contributed by atoms with Crippen molar-refractivity contribution in [1.82, 2.24) is 10.2 Å². The van der Waals surface area contributed by atoms with E-state index in [1.807, 2.05) is 27.7 Å². The van der Waals surface area contributed by atoms with Gasteiger partial charge in [0.15, 0.2) is 0 Å². The van der Waals surface area contributed by atoms with Gasteiger partial charge in [0.2, 0.25) is 0 Å². The Morgan fingerprint density at radius 1 is 1.53 bits per heavy atom. The predicted molar refractivity (Wildman–Crippen MR) is 69.1 cm³/mol. The Balaban J connectivity index is 2.29. The van der Waals surface area contributed by atoms with Gasteiger partial charge in [0, 0.05) is 18.6 Å². The molecule has 0 saturated carbocycles. The summed E-state index contributed by atoms with van der Waals surface area (Å²) in [6.45, 7) is 11.9. The second-order valence-electron chi connectivity index (χ2n) is 6.03. The molecule has 4 nitrogen and oxygen atoms in total. The van der Waals surface area contributed by atoms with Crippen molar-refractivity contribution in [2.75, 3.05) is 13.1 Å². The van der Waals surface area contributed by atoms with Crippen molar-refractivity contribution in [2.45, 2.75) is 65.1 Å². The summed E-state index contributed by atoms with van der Waals surface area (Å²) in [6.07, 6.45) is 2.20. The normalized spacial score (nSPS) is 23.5. The maximum absolute atomic E-state index is 11.6. The number of rotatable bonds is 3. The summed E-state index contributed by atoms with van der Waals surface area (Å²) in [5, 5.41) is 2.88. The highest BCUT2D eigenvalue weighted by atomic mass is 16.6. The van der Waals surface area contributed by atoms with E-state index in [0.29, 0.717) is 6.04 Å². The Hall–Kier alpha value is -0.770. The van der Waals surface area contributed by atoms with Crippen LogP contribution < -0.4 is 5.32 Å². The Kier molecular flexibility index (Phi) is 4.80. The van der Waals surface area contributed by atoms with E-state index < -0.39 is 5.60 Å². The number of likely N-dealkylation sites (tertiary alicyclic amines) is 1. The van der Waals surface area contributed by atoms with Gasteiger partial charge in [0.05, 0.1) is 0 Å². The fraction of sp³-hybridized carbons (Fsp3) is 0.923. The lowest BCUT2D eigenvalue weighted by molar-refractivity contribution is 0.0496. The lowest BCUT2D eigenvalue weighted by Gasteiger charge is -2.26. The molecule has 0 aliphatic carbocycles. The highest BCUT2D eigenvalue weighted by Gasteiger charge is 2.23. The molecule has 17 heavy (non-hydrogen) atoms. The molecule has 1 aliphatic rings. The maximum Gasteiger partial charge on any atom is 0.407 e. The number of carbonyl (C=O) groups excluding carboxylic acids is 1. The third-order valence-electron chi connectivity index (χ3n) is 2.96. The topological polar surface area (TPSA) is 41.6 Å². The molecular formula is C13H26N2O2. The van der Waals surface area contributed by atoms with Crippen LogP contribution in [-0.4, -0.2) is 41.8 Å². The molecule has 100 valence electrons. The summed E-state index contributed by atoms with van der Waals surface area (Å²) in [6, 6.07) is 0.767. The average molecular weight is 242 g/mol. The van der Waals surface area contributed by atoms with Crippen molar-refractivity contribution < 1.29 is 9.53 Å². The lowest BCUT2D eigenvalue weighted by atomic mass is 10.2. The maximum atomic E-state index is 11.6. The van der Waals surface area contributed by atoms with Crippen LogP contribution in [0.25, 0.3) is 0 Å². The van der Waals surface area contributed by atoms with Gasteiger partial charge in [-0.3, -0.25) is 4.90 Å². The van der Waals surface area contributed by atoms with Gasteiger partial charge < -0.3 is 10.1 Å². The van der Waals surface area contributed by atoms with Crippen LogP contribution in [0.5, 0.6) is 0 Å². The molecule has 0 radical (unpaired) electrons. The first-order chi connectivity index (χ1) is 7.78. The van der Waals surface area contributed by atoms with Crippen LogP contribution in [0, 0.1) is 0 Å². The molecule has 0 spiro atoms. The highest BCUT2D eigenvalue weighted by molar-refractivity contribution is 5.68. The van der Waals surface area contributed by atoms with Gasteiger partial charge in [-0.2, -0.15) is 0 Å². The third kappa shape index (κ3) is 5.39. The van der Waals surface area contributed by atoms with Crippen LogP contribution in [0.1, 0.15) is 47.5 Å². The molecule has 1 rings (SSSR count). The summed E-state index contributed by atoms with van der Waals surface area (Å²) in [4.78, 5) is 14.0. The summed E-state index contributed by atoms with van der Waals surface area (Å²) in [5.41, 5.74) is -0.426. The zero-order valence-corrected chi connectivity index (χ0v) is 11.7. The number of ether oxygens (including phenoxy) is 1. The van der Waals surface area contributed by atoms with Crippen LogP contribution in [-0.2, 0) is 4.74 Å². The molecule has 1 N–H and O–H groups in total. The summed E-state index contributed by atoms with van der Waals surface area (Å²) >= 11 is 0. The zero-order chi connectivity index (χ0) is 13.1. The number of amides is 1. The Morgan fingerprint density at radius 2 is 2.18 bits per heavy atom. The smallest absolute Gasteiger partial charge is 0.407 e. The minimum Gasteiger partial charge on any atom is -0.444 e. The first kappa shape index (κ1) is 14.3. The number of carbonyl (C=O) groups is 1. The first-order valence-corrected chi connectivity index (χ1v) is 6.51. The molecule has 1 fully saturated rings. The number of hydrogen-bond donors (Lipinski definition) is 1. The van der Waals surface area contributed by atoms with E-state index in [4.69, 9.17) is 4.74 Å². The minimum absolute atomic E-state index is 0.130. The summed E-state index contributed by atoms with van der Waals surface area (Å²) in [5.74, 6) is 0. The standard InChI is InChI=1S/C13H26N2O2/c1-10(9-15-8-6-7-11(15)2)14-12(16)17-13(3,4)5/h10-11H,6-9H2,1-5H3,(H,14,16). The highest BCUT2D eigenvalue weighted by Crippen LogP contribution is 2.16. The van der Waals surface area contributed by atoms with Gasteiger partial charge in [-0.25, -0.2) is 4.79 Å². The van der Waals surface area contributed by atoms with E-state index in [0.717, 1.165) is 13.1 Å². The van der Waals surface area contributed by atoms with Gasteiger partial charge in [0.1, 0.15) is 5.60 Å². The van der Waals surface area contributed by atoms with Crippen LogP contribution in [0.15, 0.2) is 0 Å². The van der Waals surface area contributed by atoms with Crippen molar-refractivity contribution in [3.8, 4) is 0 Å². The zero-order valence-electron chi connectivity index (χ0n) is 11.7. The van der Waals surface area contributed by atoms with Crippen molar-refractivity contribution in [3.05, 3.63) is 0 Å². The Morgan fingerprint density at radius 3 is 2.65 bits per heavy atom. The molecule has 0 aromatic rings. The largest absolute Gasteiger partial charge is 0.444 e. The summed E-state index contributed by atoms with van der Waals surface area (Å²) in [7, 11) is 0. The van der Waals surface area contributed by atoms with Gasteiger partial charge in [-0.1, -0.05) is 0 Å². The molecule has 1 saturated heterocycles. The number of hydrogen-bond acceptors (Lipinski definition) is 3. The van der Waals surface area contributed by atoms with E-state index in [2.05, 4.69) is 17.1 Å². The van der Waals surface area contributed by atoms with E-state index in [1.54, 1.807) is 0 Å². The average Bonchev–Trinajstić information content (AvgIpc) is 2.47. The fourth-order valence-corrected chi connectivity index (χ4v) is 2.17.